The van der Waals surface area contributed by atoms with Crippen molar-refractivity contribution in [2.75, 3.05) is 23.1 Å². The molecule has 0 unspecified atom stereocenters. The second-order valence-corrected chi connectivity index (χ2v) is 10.7. The van der Waals surface area contributed by atoms with Crippen LogP contribution in [0, 0.1) is 34.1 Å². The Morgan fingerprint density at radius 2 is 1.44 bits per heavy atom. The Labute approximate surface area is 223 Å². The summed E-state index contributed by atoms with van der Waals surface area (Å²) in [5.74, 6) is -0.609. The molecule has 0 atom stereocenters. The first-order valence-corrected chi connectivity index (χ1v) is 13.4. The number of hydrogen-bond acceptors (Lipinski definition) is 10. The average Bonchev–Trinajstić information content (AvgIpc) is 2.88. The zero-order valence-corrected chi connectivity index (χ0v) is 21.9. The highest BCUT2D eigenvalue weighted by molar-refractivity contribution is 7.92. The number of nitro benzene ring substituents is 2. The van der Waals surface area contributed by atoms with Crippen LogP contribution in [0.3, 0.4) is 0 Å². The first-order chi connectivity index (χ1) is 18.4. The predicted octanol–water partition coefficient (Wildman–Crippen LogP) is 4.08. The molecule has 14 nitrogen and oxygen atoms in total. The minimum atomic E-state index is -4.07. The molecule has 1 aromatic heterocycles. The van der Waals surface area contributed by atoms with Crippen molar-refractivity contribution in [2.45, 2.75) is 38.0 Å². The molecule has 1 saturated heterocycles. The molecule has 0 saturated carbocycles. The van der Waals surface area contributed by atoms with Gasteiger partial charge in [0, 0.05) is 42.3 Å². The van der Waals surface area contributed by atoms with Crippen LogP contribution in [-0.4, -0.2) is 52.1 Å². The van der Waals surface area contributed by atoms with Crippen molar-refractivity contribution in [3.63, 3.8) is 0 Å². The van der Waals surface area contributed by atoms with E-state index in [0.717, 1.165) is 31.4 Å². The van der Waals surface area contributed by atoms with E-state index in [1.807, 2.05) is 0 Å². The van der Waals surface area contributed by atoms with Gasteiger partial charge in [0.15, 0.2) is 5.69 Å². The third kappa shape index (κ3) is 6.26. The number of carbonyl (C=O) groups excluding carboxylic acids is 1. The molecule has 2 aromatic carbocycles. The minimum absolute atomic E-state index is 0.0971. The van der Waals surface area contributed by atoms with Crippen LogP contribution in [0.2, 0.25) is 0 Å². The molecule has 204 valence electrons. The van der Waals surface area contributed by atoms with Gasteiger partial charge in [-0.15, -0.1) is 0 Å². The maximum absolute atomic E-state index is 12.9. The topological polar surface area (TPSA) is 191 Å². The Bertz CT molecular complexity index is 1500. The van der Waals surface area contributed by atoms with Crippen LogP contribution < -0.4 is 10.0 Å². The Hall–Kier alpha value is -4.66. The first-order valence-electron chi connectivity index (χ1n) is 11.9. The average molecular weight is 556 g/mol. The molecule has 39 heavy (non-hydrogen) atoms. The molecule has 2 N–H and O–H groups in total. The number of sulfonamides is 1. The summed E-state index contributed by atoms with van der Waals surface area (Å²) in [6, 6.07) is 8.76. The highest BCUT2D eigenvalue weighted by Crippen LogP contribution is 2.38. The van der Waals surface area contributed by atoms with Crippen molar-refractivity contribution < 1.29 is 23.1 Å². The van der Waals surface area contributed by atoms with E-state index in [1.165, 1.54) is 29.2 Å². The van der Waals surface area contributed by atoms with Crippen LogP contribution >= 0.6 is 0 Å². The van der Waals surface area contributed by atoms with Gasteiger partial charge in [0.2, 0.25) is 5.95 Å². The summed E-state index contributed by atoms with van der Waals surface area (Å²) in [6.45, 7) is 4.34. The summed E-state index contributed by atoms with van der Waals surface area (Å²) < 4.78 is 27.9. The quantitative estimate of drug-likeness (QED) is 0.302. The Kier molecular flexibility index (Phi) is 7.71. The molecule has 0 spiro atoms. The molecule has 3 aromatic rings. The number of likely N-dealkylation sites (tertiary alicyclic amines) is 1. The minimum Gasteiger partial charge on any atom is -0.344 e. The van der Waals surface area contributed by atoms with Crippen molar-refractivity contribution in [2.24, 2.45) is 0 Å². The van der Waals surface area contributed by atoms with Crippen LogP contribution in [0.15, 0.2) is 47.4 Å². The van der Waals surface area contributed by atoms with Gasteiger partial charge in [-0.25, -0.2) is 23.1 Å². The maximum Gasteiger partial charge on any atom is 0.300 e. The number of rotatable bonds is 8. The number of carbonyl (C=O) groups is 1. The molecule has 0 radical (unpaired) electrons. The van der Waals surface area contributed by atoms with Crippen LogP contribution in [0.4, 0.5) is 28.7 Å². The van der Waals surface area contributed by atoms with Crippen LogP contribution in [-0.2, 0) is 10.0 Å². The SMILES string of the molecule is Cc1cc(C)nc(NS(=O)(=O)c2ccc(Nc3c([N+](=O)[O-])cc(C(=O)N4CCCCC4)cc3[N+](=O)[O-])cc2)n1. The summed E-state index contributed by atoms with van der Waals surface area (Å²) in [5, 5.41) is 26.4. The number of hydrogen-bond donors (Lipinski definition) is 2. The lowest BCUT2D eigenvalue weighted by atomic mass is 10.1. The maximum atomic E-state index is 12.9. The van der Waals surface area contributed by atoms with Crippen molar-refractivity contribution in [1.29, 1.82) is 0 Å². The molecule has 1 amide bonds. The molecule has 0 bridgehead atoms. The van der Waals surface area contributed by atoms with Gasteiger partial charge in [-0.3, -0.25) is 25.0 Å². The smallest absolute Gasteiger partial charge is 0.300 e. The van der Waals surface area contributed by atoms with Crippen molar-refractivity contribution in [3.05, 3.63) is 79.6 Å². The normalized spacial score (nSPS) is 13.5. The van der Waals surface area contributed by atoms with Gasteiger partial charge in [0.05, 0.1) is 20.3 Å². The Balaban J connectivity index is 1.63. The van der Waals surface area contributed by atoms with E-state index in [4.69, 9.17) is 0 Å². The van der Waals surface area contributed by atoms with E-state index in [-0.39, 0.29) is 22.1 Å². The van der Waals surface area contributed by atoms with Crippen molar-refractivity contribution >= 4 is 44.6 Å². The van der Waals surface area contributed by atoms with Crippen molar-refractivity contribution in [1.82, 2.24) is 14.9 Å². The van der Waals surface area contributed by atoms with Gasteiger partial charge in [-0.1, -0.05) is 0 Å². The van der Waals surface area contributed by atoms with E-state index in [9.17, 15) is 33.4 Å². The molecular weight excluding hydrogens is 530 g/mol. The number of nitro groups is 2. The molecule has 1 aliphatic rings. The number of aryl methyl sites for hydroxylation is 2. The molecule has 4 rings (SSSR count). The number of piperidine rings is 1. The molecule has 0 aliphatic carbocycles. The third-order valence-corrected chi connectivity index (χ3v) is 7.37. The van der Waals surface area contributed by atoms with Gasteiger partial charge >= 0.3 is 11.4 Å². The Morgan fingerprint density at radius 1 is 0.897 bits per heavy atom. The summed E-state index contributed by atoms with van der Waals surface area (Å²) in [5.41, 5.74) is -0.597. The predicted molar refractivity (Wildman–Crippen MR) is 142 cm³/mol. The van der Waals surface area contributed by atoms with Crippen LogP contribution in [0.25, 0.3) is 0 Å². The zero-order valence-electron chi connectivity index (χ0n) is 21.1. The molecule has 2 heterocycles. The number of nitrogens with one attached hydrogen (secondary N) is 2. The van der Waals surface area contributed by atoms with E-state index >= 15 is 0 Å². The summed E-state index contributed by atoms with van der Waals surface area (Å²) >= 11 is 0. The molecular formula is C24H25N7O7S. The fraction of sp³-hybridized carbons (Fsp3) is 0.292. The van der Waals surface area contributed by atoms with E-state index < -0.39 is 42.8 Å². The zero-order chi connectivity index (χ0) is 28.3. The highest BCUT2D eigenvalue weighted by Gasteiger charge is 2.30. The second-order valence-electron chi connectivity index (χ2n) is 8.99. The summed E-state index contributed by atoms with van der Waals surface area (Å²) in [4.78, 5) is 44.5. The summed E-state index contributed by atoms with van der Waals surface area (Å²) in [6.07, 6.45) is 2.53. The number of aromatic nitrogens is 2. The largest absolute Gasteiger partial charge is 0.344 e. The number of nitrogens with zero attached hydrogens (tertiary/aromatic N) is 5. The monoisotopic (exact) mass is 555 g/mol. The number of amides is 1. The third-order valence-electron chi connectivity index (χ3n) is 6.02. The van der Waals surface area contributed by atoms with Crippen molar-refractivity contribution in [3.8, 4) is 0 Å². The van der Waals surface area contributed by atoms with E-state index in [0.29, 0.717) is 24.5 Å². The van der Waals surface area contributed by atoms with Gasteiger partial charge in [0.1, 0.15) is 0 Å². The van der Waals surface area contributed by atoms with E-state index in [1.54, 1.807) is 19.9 Å². The van der Waals surface area contributed by atoms with E-state index in [2.05, 4.69) is 20.0 Å². The van der Waals surface area contributed by atoms with Gasteiger partial charge in [-0.05, 0) is 63.4 Å². The standard InChI is InChI=1S/C24H25N7O7S/c1-15-12-16(2)26-24(25-15)28-39(37,38)19-8-6-18(7-9-19)27-22-20(30(33)34)13-17(14-21(22)31(35)36)23(32)29-10-4-3-5-11-29/h6-9,12-14,27H,3-5,10-11H2,1-2H3,(H,25,26,28). The molecule has 15 heteroatoms. The van der Waals surface area contributed by atoms with Crippen LogP contribution in [0.1, 0.15) is 41.0 Å². The highest BCUT2D eigenvalue weighted by atomic mass is 32.2. The fourth-order valence-electron chi connectivity index (χ4n) is 4.24. The van der Waals surface area contributed by atoms with Gasteiger partial charge in [0.25, 0.3) is 15.9 Å². The lowest BCUT2D eigenvalue weighted by Gasteiger charge is -2.26. The second kappa shape index (κ2) is 11.0. The molecule has 1 aliphatic heterocycles. The Morgan fingerprint density at radius 3 is 1.95 bits per heavy atom. The van der Waals surface area contributed by atoms with Gasteiger partial charge < -0.3 is 10.2 Å². The molecule has 1 fully saturated rings. The number of anilines is 3. The first kappa shape index (κ1) is 27.4. The lowest BCUT2D eigenvalue weighted by Crippen LogP contribution is -2.35. The fourth-order valence-corrected chi connectivity index (χ4v) is 5.19. The van der Waals surface area contributed by atoms with Crippen LogP contribution in [0.5, 0.6) is 0 Å². The van der Waals surface area contributed by atoms with Gasteiger partial charge in [-0.2, -0.15) is 0 Å². The lowest BCUT2D eigenvalue weighted by molar-refractivity contribution is -0.392. The summed E-state index contributed by atoms with van der Waals surface area (Å²) in [7, 11) is -4.07. The number of benzene rings is 2.